The second-order valence-corrected chi connectivity index (χ2v) is 5.50. The smallest absolute Gasteiger partial charge is 0.0550 e. The van der Waals surface area contributed by atoms with Crippen molar-refractivity contribution >= 4 is 27.5 Å². The minimum Gasteiger partial charge on any atom is -0.326 e. The average Bonchev–Trinajstić information content (AvgIpc) is 2.06. The molecule has 1 aromatic rings. The summed E-state index contributed by atoms with van der Waals surface area (Å²) in [5, 5.41) is 0.761. The molecule has 0 fully saturated rings. The molecular formula is C11H15BrClN. The van der Waals surface area contributed by atoms with Crippen LogP contribution < -0.4 is 5.73 Å². The number of benzene rings is 1. The Kier molecular flexibility index (Phi) is 3.99. The molecule has 1 nitrogen and oxygen atoms in total. The highest BCUT2D eigenvalue weighted by atomic mass is 79.9. The Morgan fingerprint density at radius 1 is 1.43 bits per heavy atom. The molecule has 14 heavy (non-hydrogen) atoms. The van der Waals surface area contributed by atoms with Crippen LogP contribution in [0.1, 0.15) is 25.8 Å². The molecule has 0 aliphatic carbocycles. The van der Waals surface area contributed by atoms with Crippen molar-refractivity contribution in [3.8, 4) is 0 Å². The highest BCUT2D eigenvalue weighted by molar-refractivity contribution is 9.10. The molecule has 0 heterocycles. The molecule has 0 saturated heterocycles. The quantitative estimate of drug-likeness (QED) is 0.893. The Hall–Kier alpha value is -0.0500. The molecule has 0 spiro atoms. The van der Waals surface area contributed by atoms with Crippen LogP contribution >= 0.6 is 27.5 Å². The van der Waals surface area contributed by atoms with E-state index in [4.69, 9.17) is 17.3 Å². The van der Waals surface area contributed by atoms with E-state index in [1.165, 1.54) is 5.56 Å². The van der Waals surface area contributed by atoms with E-state index >= 15 is 0 Å². The van der Waals surface area contributed by atoms with Crippen molar-refractivity contribution in [2.45, 2.75) is 32.2 Å². The van der Waals surface area contributed by atoms with Gasteiger partial charge in [0.2, 0.25) is 0 Å². The normalized spacial score (nSPS) is 11.8. The molecule has 0 aliphatic heterocycles. The first kappa shape index (κ1) is 12.0. The fourth-order valence-electron chi connectivity index (χ4n) is 1.16. The zero-order valence-corrected chi connectivity index (χ0v) is 10.8. The average molecular weight is 277 g/mol. The second kappa shape index (κ2) is 4.65. The van der Waals surface area contributed by atoms with Gasteiger partial charge in [-0.15, -0.1) is 0 Å². The third kappa shape index (κ3) is 3.99. The molecule has 1 rings (SSSR count). The molecule has 0 atom stereocenters. The van der Waals surface area contributed by atoms with Gasteiger partial charge in [0, 0.05) is 10.0 Å². The molecule has 0 aliphatic rings. The second-order valence-electron chi connectivity index (χ2n) is 4.24. The monoisotopic (exact) mass is 275 g/mol. The lowest BCUT2D eigenvalue weighted by Gasteiger charge is -2.18. The van der Waals surface area contributed by atoms with Crippen LogP contribution in [-0.2, 0) is 6.42 Å². The number of rotatable bonds is 3. The van der Waals surface area contributed by atoms with Crippen LogP contribution in [0.25, 0.3) is 0 Å². The molecule has 0 amide bonds. The van der Waals surface area contributed by atoms with Crippen LogP contribution in [0.3, 0.4) is 0 Å². The molecule has 0 bridgehead atoms. The van der Waals surface area contributed by atoms with Gasteiger partial charge < -0.3 is 5.73 Å². The SMILES string of the molecule is CC(C)(N)CCc1ccc(Br)c(Cl)c1. The molecule has 2 N–H and O–H groups in total. The largest absolute Gasteiger partial charge is 0.326 e. The molecule has 0 radical (unpaired) electrons. The molecule has 78 valence electrons. The first-order chi connectivity index (χ1) is 6.38. The van der Waals surface area contributed by atoms with Crippen LogP contribution in [0.5, 0.6) is 0 Å². The summed E-state index contributed by atoms with van der Waals surface area (Å²) in [7, 11) is 0. The molecule has 0 aromatic heterocycles. The number of halogens is 2. The van der Waals surface area contributed by atoms with Gasteiger partial charge in [0.25, 0.3) is 0 Å². The van der Waals surface area contributed by atoms with E-state index in [9.17, 15) is 0 Å². The highest BCUT2D eigenvalue weighted by Crippen LogP contribution is 2.24. The van der Waals surface area contributed by atoms with Crippen molar-refractivity contribution in [2.24, 2.45) is 5.73 Å². The van der Waals surface area contributed by atoms with Gasteiger partial charge >= 0.3 is 0 Å². The van der Waals surface area contributed by atoms with Crippen LogP contribution in [0.4, 0.5) is 0 Å². The summed E-state index contributed by atoms with van der Waals surface area (Å²) in [6.07, 6.45) is 1.93. The summed E-state index contributed by atoms with van der Waals surface area (Å²) in [5.41, 5.74) is 7.03. The zero-order valence-electron chi connectivity index (χ0n) is 8.48. The van der Waals surface area contributed by atoms with Gasteiger partial charge in [-0.25, -0.2) is 0 Å². The summed E-state index contributed by atoms with van der Waals surface area (Å²) in [6.45, 7) is 4.07. The van der Waals surface area contributed by atoms with Gasteiger partial charge in [-0.2, -0.15) is 0 Å². The summed E-state index contributed by atoms with van der Waals surface area (Å²) in [6, 6.07) is 6.03. The van der Waals surface area contributed by atoms with Crippen molar-refractivity contribution in [2.75, 3.05) is 0 Å². The molecule has 0 saturated carbocycles. The summed E-state index contributed by atoms with van der Waals surface area (Å²) < 4.78 is 0.940. The number of hydrogen-bond donors (Lipinski definition) is 1. The van der Waals surface area contributed by atoms with E-state index in [0.29, 0.717) is 0 Å². The van der Waals surface area contributed by atoms with Crippen LogP contribution in [-0.4, -0.2) is 5.54 Å². The van der Waals surface area contributed by atoms with Crippen molar-refractivity contribution in [3.63, 3.8) is 0 Å². The van der Waals surface area contributed by atoms with Gasteiger partial charge in [-0.1, -0.05) is 17.7 Å². The predicted octanol–water partition coefficient (Wildman–Crippen LogP) is 3.77. The van der Waals surface area contributed by atoms with Crippen molar-refractivity contribution in [1.82, 2.24) is 0 Å². The molecular weight excluding hydrogens is 261 g/mol. The number of nitrogens with two attached hydrogens (primary N) is 1. The fraction of sp³-hybridized carbons (Fsp3) is 0.455. The van der Waals surface area contributed by atoms with Gasteiger partial charge in [0.15, 0.2) is 0 Å². The lowest BCUT2D eigenvalue weighted by molar-refractivity contribution is 0.477. The Bertz CT molecular complexity index is 318. The van der Waals surface area contributed by atoms with Gasteiger partial charge in [0.1, 0.15) is 0 Å². The van der Waals surface area contributed by atoms with Crippen molar-refractivity contribution < 1.29 is 0 Å². The summed E-state index contributed by atoms with van der Waals surface area (Å²) >= 11 is 9.35. The fourth-order valence-corrected chi connectivity index (χ4v) is 1.61. The summed E-state index contributed by atoms with van der Waals surface area (Å²) in [5.74, 6) is 0. The maximum atomic E-state index is 5.99. The van der Waals surface area contributed by atoms with Gasteiger partial charge in [-0.3, -0.25) is 0 Å². The van der Waals surface area contributed by atoms with E-state index < -0.39 is 0 Å². The third-order valence-corrected chi connectivity index (χ3v) is 3.27. The lowest BCUT2D eigenvalue weighted by Crippen LogP contribution is -2.32. The maximum absolute atomic E-state index is 5.99. The topological polar surface area (TPSA) is 26.0 Å². The zero-order chi connectivity index (χ0) is 10.8. The highest BCUT2D eigenvalue weighted by Gasteiger charge is 2.10. The first-order valence-electron chi connectivity index (χ1n) is 4.61. The Morgan fingerprint density at radius 2 is 2.07 bits per heavy atom. The predicted molar refractivity (Wildman–Crippen MR) is 65.7 cm³/mol. The standard InChI is InChI=1S/C11H15BrClN/c1-11(2,14)6-5-8-3-4-9(12)10(13)7-8/h3-4,7H,5-6,14H2,1-2H3. The van der Waals surface area contributed by atoms with Crippen LogP contribution in [0, 0.1) is 0 Å². The molecule has 1 aromatic carbocycles. The van der Waals surface area contributed by atoms with Crippen molar-refractivity contribution in [3.05, 3.63) is 33.3 Å². The minimum atomic E-state index is -0.112. The Labute approximate surface area is 98.8 Å². The number of aryl methyl sites for hydroxylation is 1. The molecule has 0 unspecified atom stereocenters. The van der Waals surface area contributed by atoms with Crippen LogP contribution in [0.15, 0.2) is 22.7 Å². The van der Waals surface area contributed by atoms with Gasteiger partial charge in [0.05, 0.1) is 5.02 Å². The van der Waals surface area contributed by atoms with Gasteiger partial charge in [-0.05, 0) is 60.3 Å². The number of hydrogen-bond acceptors (Lipinski definition) is 1. The maximum Gasteiger partial charge on any atom is 0.0550 e. The molecule has 3 heteroatoms. The minimum absolute atomic E-state index is 0.112. The van der Waals surface area contributed by atoms with Crippen LogP contribution in [0.2, 0.25) is 5.02 Å². The van der Waals surface area contributed by atoms with E-state index in [1.807, 2.05) is 26.0 Å². The van der Waals surface area contributed by atoms with E-state index in [0.717, 1.165) is 22.3 Å². The van der Waals surface area contributed by atoms with E-state index in [1.54, 1.807) is 0 Å². The van der Waals surface area contributed by atoms with E-state index in [-0.39, 0.29) is 5.54 Å². The lowest BCUT2D eigenvalue weighted by atomic mass is 9.97. The third-order valence-electron chi connectivity index (χ3n) is 2.04. The van der Waals surface area contributed by atoms with Crippen molar-refractivity contribution in [1.29, 1.82) is 0 Å². The summed E-state index contributed by atoms with van der Waals surface area (Å²) in [4.78, 5) is 0. The Morgan fingerprint density at radius 3 is 2.57 bits per heavy atom. The first-order valence-corrected chi connectivity index (χ1v) is 5.78. The Balaban J connectivity index is 2.65. The van der Waals surface area contributed by atoms with E-state index in [2.05, 4.69) is 22.0 Å².